The Labute approximate surface area is 321 Å². The molecule has 256 valence electrons. The summed E-state index contributed by atoms with van der Waals surface area (Å²) in [5, 5.41) is 3.01. The third-order valence-corrected chi connectivity index (χ3v) is 12.2. The highest BCUT2D eigenvalue weighted by molar-refractivity contribution is 8.00. The standard InChI is InChI=1S/C52H37NS/c1-2-10-36(11-3-1)37-20-22-38(23-21-37)39-24-29-44(30-25-39)53(45-31-26-41(27-32-45)48-18-9-13-40-12-4-5-16-47(40)48)46-15-8-14-42(34-46)43-28-33-52-50(35-43)49-17-6-7-19-51(49)54-52/h1-35,49,51H. The summed E-state index contributed by atoms with van der Waals surface area (Å²) >= 11 is 1.98. The first kappa shape index (κ1) is 32.3. The van der Waals surface area contributed by atoms with Crippen LogP contribution in [-0.2, 0) is 0 Å². The van der Waals surface area contributed by atoms with Gasteiger partial charge in [0.2, 0.25) is 0 Å². The molecular weight excluding hydrogens is 671 g/mol. The number of hydrogen-bond donors (Lipinski definition) is 0. The van der Waals surface area contributed by atoms with Gasteiger partial charge in [0.05, 0.1) is 0 Å². The van der Waals surface area contributed by atoms with Gasteiger partial charge in [-0.3, -0.25) is 0 Å². The number of anilines is 3. The Morgan fingerprint density at radius 3 is 1.70 bits per heavy atom. The lowest BCUT2D eigenvalue weighted by atomic mass is 9.90. The molecular formula is C52H37NS. The van der Waals surface area contributed by atoms with Crippen LogP contribution in [0.1, 0.15) is 11.5 Å². The molecule has 1 nitrogen and oxygen atoms in total. The van der Waals surface area contributed by atoms with E-state index in [1.54, 1.807) is 0 Å². The zero-order chi connectivity index (χ0) is 35.8. The van der Waals surface area contributed by atoms with E-state index in [4.69, 9.17) is 0 Å². The topological polar surface area (TPSA) is 3.24 Å². The third kappa shape index (κ3) is 6.05. The number of fused-ring (bicyclic) bond motifs is 4. The van der Waals surface area contributed by atoms with Crippen LogP contribution in [0, 0.1) is 0 Å². The monoisotopic (exact) mass is 707 g/mol. The van der Waals surface area contributed by atoms with E-state index in [0.29, 0.717) is 11.2 Å². The van der Waals surface area contributed by atoms with Crippen LogP contribution in [0.25, 0.3) is 55.3 Å². The summed E-state index contributed by atoms with van der Waals surface area (Å²) < 4.78 is 0. The van der Waals surface area contributed by atoms with Crippen LogP contribution in [0.2, 0.25) is 0 Å². The molecule has 2 atom stereocenters. The van der Waals surface area contributed by atoms with Crippen molar-refractivity contribution in [2.24, 2.45) is 0 Å². The highest BCUT2D eigenvalue weighted by Gasteiger charge is 2.31. The molecule has 1 aliphatic heterocycles. The van der Waals surface area contributed by atoms with E-state index in [0.717, 1.165) is 17.1 Å². The Morgan fingerprint density at radius 2 is 0.944 bits per heavy atom. The normalized spacial score (nSPS) is 15.6. The SMILES string of the molecule is C1=CC2Sc3ccc(-c4cccc(N(c5ccc(-c6ccc(-c7ccccc7)cc6)cc5)c5ccc(-c6cccc7ccccc67)cc5)c4)cc3C2C=C1. The van der Waals surface area contributed by atoms with E-state index in [2.05, 4.69) is 217 Å². The predicted molar refractivity (Wildman–Crippen MR) is 231 cm³/mol. The predicted octanol–water partition coefficient (Wildman–Crippen LogP) is 14.7. The second-order valence-electron chi connectivity index (χ2n) is 14.1. The van der Waals surface area contributed by atoms with E-state index in [1.165, 1.54) is 65.7 Å². The van der Waals surface area contributed by atoms with Crippen LogP contribution in [0.4, 0.5) is 17.1 Å². The molecule has 54 heavy (non-hydrogen) atoms. The van der Waals surface area contributed by atoms with Crippen molar-refractivity contribution in [1.29, 1.82) is 0 Å². The average molecular weight is 708 g/mol. The Bertz CT molecular complexity index is 2670. The Morgan fingerprint density at radius 1 is 0.389 bits per heavy atom. The molecule has 0 saturated heterocycles. The van der Waals surface area contributed by atoms with Crippen molar-refractivity contribution in [3.8, 4) is 44.5 Å². The molecule has 10 rings (SSSR count). The van der Waals surface area contributed by atoms with Gasteiger partial charge in [0, 0.05) is 33.1 Å². The number of rotatable bonds is 7. The Kier molecular flexibility index (Phi) is 8.31. The molecule has 0 fully saturated rings. The summed E-state index contributed by atoms with van der Waals surface area (Å²) in [5.74, 6) is 0.433. The van der Waals surface area contributed by atoms with E-state index < -0.39 is 0 Å². The molecule has 1 heterocycles. The molecule has 8 aromatic rings. The fourth-order valence-electron chi connectivity index (χ4n) is 8.05. The first-order chi connectivity index (χ1) is 26.7. The number of allylic oxidation sites excluding steroid dienone is 3. The molecule has 2 aliphatic rings. The van der Waals surface area contributed by atoms with Crippen molar-refractivity contribution >= 4 is 39.6 Å². The third-order valence-electron chi connectivity index (χ3n) is 10.8. The van der Waals surface area contributed by atoms with Gasteiger partial charge in [-0.05, 0) is 109 Å². The van der Waals surface area contributed by atoms with Crippen molar-refractivity contribution in [3.63, 3.8) is 0 Å². The van der Waals surface area contributed by atoms with Gasteiger partial charge < -0.3 is 4.90 Å². The van der Waals surface area contributed by atoms with Crippen LogP contribution in [0.5, 0.6) is 0 Å². The van der Waals surface area contributed by atoms with E-state index in [-0.39, 0.29) is 0 Å². The van der Waals surface area contributed by atoms with Gasteiger partial charge in [-0.15, -0.1) is 11.8 Å². The minimum atomic E-state index is 0.433. The van der Waals surface area contributed by atoms with Crippen molar-refractivity contribution in [2.75, 3.05) is 4.90 Å². The highest BCUT2D eigenvalue weighted by atomic mass is 32.2. The maximum Gasteiger partial charge on any atom is 0.0467 e. The van der Waals surface area contributed by atoms with Gasteiger partial charge in [-0.1, -0.05) is 164 Å². The summed E-state index contributed by atoms with van der Waals surface area (Å²) in [7, 11) is 0. The van der Waals surface area contributed by atoms with Crippen LogP contribution in [0.15, 0.2) is 217 Å². The van der Waals surface area contributed by atoms with Crippen molar-refractivity contribution in [1.82, 2.24) is 0 Å². The molecule has 0 bridgehead atoms. The smallest absolute Gasteiger partial charge is 0.0467 e. The fraction of sp³-hybridized carbons (Fsp3) is 0.0385. The maximum atomic E-state index is 2.41. The molecule has 0 spiro atoms. The zero-order valence-electron chi connectivity index (χ0n) is 29.7. The van der Waals surface area contributed by atoms with Gasteiger partial charge >= 0.3 is 0 Å². The van der Waals surface area contributed by atoms with Crippen molar-refractivity contribution < 1.29 is 0 Å². The second kappa shape index (κ2) is 13.9. The molecule has 0 N–H and O–H groups in total. The van der Waals surface area contributed by atoms with Crippen molar-refractivity contribution in [2.45, 2.75) is 16.1 Å². The fourth-order valence-corrected chi connectivity index (χ4v) is 9.37. The lowest BCUT2D eigenvalue weighted by molar-refractivity contribution is 0.881. The average Bonchev–Trinajstić information content (AvgIpc) is 3.63. The summed E-state index contributed by atoms with van der Waals surface area (Å²) in [6.45, 7) is 0. The number of hydrogen-bond acceptors (Lipinski definition) is 2. The zero-order valence-corrected chi connectivity index (χ0v) is 30.5. The van der Waals surface area contributed by atoms with E-state index in [9.17, 15) is 0 Å². The minimum Gasteiger partial charge on any atom is -0.310 e. The number of nitrogens with zero attached hydrogens (tertiary/aromatic N) is 1. The van der Waals surface area contributed by atoms with Crippen LogP contribution in [0.3, 0.4) is 0 Å². The minimum absolute atomic E-state index is 0.433. The molecule has 2 unspecified atom stereocenters. The van der Waals surface area contributed by atoms with Crippen LogP contribution in [-0.4, -0.2) is 5.25 Å². The second-order valence-corrected chi connectivity index (χ2v) is 15.3. The van der Waals surface area contributed by atoms with Gasteiger partial charge in [-0.25, -0.2) is 0 Å². The Balaban J connectivity index is 1.02. The summed E-state index contributed by atoms with van der Waals surface area (Å²) in [6.07, 6.45) is 9.07. The number of thioether (sulfide) groups is 1. The largest absolute Gasteiger partial charge is 0.310 e. The molecule has 2 heteroatoms. The highest BCUT2D eigenvalue weighted by Crippen LogP contribution is 2.49. The first-order valence-corrected chi connectivity index (χ1v) is 19.5. The van der Waals surface area contributed by atoms with Crippen LogP contribution >= 0.6 is 11.8 Å². The lowest BCUT2D eigenvalue weighted by Crippen LogP contribution is -2.10. The number of benzene rings is 8. The summed E-state index contributed by atoms with van der Waals surface area (Å²) in [6, 6.07) is 68.7. The van der Waals surface area contributed by atoms with E-state index >= 15 is 0 Å². The first-order valence-electron chi connectivity index (χ1n) is 18.7. The molecule has 8 aromatic carbocycles. The van der Waals surface area contributed by atoms with Gasteiger partial charge in [0.1, 0.15) is 0 Å². The molecule has 1 aliphatic carbocycles. The van der Waals surface area contributed by atoms with Gasteiger partial charge in [0.15, 0.2) is 0 Å². The molecule has 0 amide bonds. The lowest BCUT2D eigenvalue weighted by Gasteiger charge is -2.26. The quantitative estimate of drug-likeness (QED) is 0.162. The summed E-state index contributed by atoms with van der Waals surface area (Å²) in [4.78, 5) is 3.77. The van der Waals surface area contributed by atoms with Crippen molar-refractivity contribution in [3.05, 3.63) is 218 Å². The summed E-state index contributed by atoms with van der Waals surface area (Å²) in [5.41, 5.74) is 14.6. The van der Waals surface area contributed by atoms with Crippen LogP contribution < -0.4 is 4.90 Å². The maximum absolute atomic E-state index is 2.41. The molecule has 0 radical (unpaired) electrons. The Hall–Kier alpha value is -6.35. The van der Waals surface area contributed by atoms with Gasteiger partial charge in [0.25, 0.3) is 0 Å². The molecule has 0 saturated carbocycles. The van der Waals surface area contributed by atoms with E-state index in [1.807, 2.05) is 11.8 Å². The van der Waals surface area contributed by atoms with Gasteiger partial charge in [-0.2, -0.15) is 0 Å². The molecule has 0 aromatic heterocycles.